The lowest BCUT2D eigenvalue weighted by molar-refractivity contribution is -0.124. The van der Waals surface area contributed by atoms with E-state index in [0.29, 0.717) is 67.2 Å². The summed E-state index contributed by atoms with van der Waals surface area (Å²) in [6, 6.07) is 9.47. The van der Waals surface area contributed by atoms with Gasteiger partial charge in [-0.2, -0.15) is 0 Å². The molecule has 294 valence electrons. The smallest absolute Gasteiger partial charge is 0.285 e. The van der Waals surface area contributed by atoms with Crippen LogP contribution in [0.1, 0.15) is 88.6 Å². The van der Waals surface area contributed by atoms with E-state index in [1.165, 1.54) is 0 Å². The Hall–Kier alpha value is -4.93. The van der Waals surface area contributed by atoms with Crippen molar-refractivity contribution in [1.29, 1.82) is 0 Å². The molecule has 1 aliphatic heterocycles. The predicted molar refractivity (Wildman–Crippen MR) is 216 cm³/mol. The Bertz CT molecular complexity index is 2300. The maximum atomic E-state index is 15.4. The van der Waals surface area contributed by atoms with Gasteiger partial charge in [0.15, 0.2) is 5.96 Å². The fraction of sp³-hybridized carbons (Fsp3) is 0.385. The standard InChI is InChI=1S/C39H49BrN8O6S/c1-20-21(2)34(23(4)27-15-16-39(5,6)54-33(20)27)55(52,53)48(37(51)32-22(3)28-18-26(40)13-14-29(28)47-32)30(8-7-17-45-38(43)44)36(50)46-19-24-9-11-25(12-10-24)31(41)35(42)49/h9-14,18,30-31,47H,7-8,15-17,19,41H2,1-6H3,(H2,42,49)(H,46,50)(H4,43,44,45)/t30-,31?/m1/s1. The molecule has 2 heterocycles. The number of nitrogens with one attached hydrogen (secondary N) is 2. The number of H-pyrrole nitrogens is 1. The Balaban J connectivity index is 1.66. The van der Waals surface area contributed by atoms with Crippen LogP contribution in [0, 0.1) is 27.7 Å². The van der Waals surface area contributed by atoms with Crippen molar-refractivity contribution in [1.82, 2.24) is 14.6 Å². The first-order valence-corrected chi connectivity index (χ1v) is 20.1. The molecule has 0 bridgehead atoms. The lowest BCUT2D eigenvalue weighted by Crippen LogP contribution is -2.52. The highest BCUT2D eigenvalue weighted by molar-refractivity contribution is 9.10. The average Bonchev–Trinajstić information content (AvgIpc) is 3.44. The van der Waals surface area contributed by atoms with Crippen molar-refractivity contribution >= 4 is 60.5 Å². The predicted octanol–water partition coefficient (Wildman–Crippen LogP) is 4.32. The van der Waals surface area contributed by atoms with Gasteiger partial charge in [0.2, 0.25) is 11.8 Å². The van der Waals surface area contributed by atoms with Gasteiger partial charge in [0.1, 0.15) is 29.1 Å². The van der Waals surface area contributed by atoms with Gasteiger partial charge in [-0.3, -0.25) is 19.4 Å². The third-order valence-corrected chi connectivity index (χ3v) is 12.8. The van der Waals surface area contributed by atoms with Gasteiger partial charge in [-0.15, -0.1) is 0 Å². The maximum Gasteiger partial charge on any atom is 0.285 e. The summed E-state index contributed by atoms with van der Waals surface area (Å²) in [4.78, 5) is 48.2. The molecule has 3 amide bonds. The molecule has 1 unspecified atom stereocenters. The first-order chi connectivity index (χ1) is 25.7. The summed E-state index contributed by atoms with van der Waals surface area (Å²) in [6.07, 6.45) is 1.27. The van der Waals surface area contributed by atoms with Crippen molar-refractivity contribution in [3.63, 3.8) is 0 Å². The van der Waals surface area contributed by atoms with Crippen LogP contribution < -0.4 is 33.0 Å². The fourth-order valence-corrected chi connectivity index (χ4v) is 9.49. The van der Waals surface area contributed by atoms with Gasteiger partial charge < -0.3 is 38.0 Å². The number of benzene rings is 3. The molecule has 0 radical (unpaired) electrons. The number of carbonyl (C=O) groups is 3. The molecule has 0 saturated carbocycles. The molecule has 1 aromatic heterocycles. The zero-order chi connectivity index (χ0) is 40.6. The van der Waals surface area contributed by atoms with E-state index in [1.54, 1.807) is 64.1 Å². The number of hydrogen-bond donors (Lipinski definition) is 6. The van der Waals surface area contributed by atoms with E-state index in [9.17, 15) is 9.59 Å². The molecule has 4 aromatic rings. The lowest BCUT2D eigenvalue weighted by atomic mass is 9.88. The number of halogens is 1. The maximum absolute atomic E-state index is 15.4. The number of rotatable bonds is 13. The third kappa shape index (κ3) is 8.50. The van der Waals surface area contributed by atoms with Crippen LogP contribution in [-0.4, -0.2) is 59.6 Å². The number of guanidine groups is 1. The van der Waals surface area contributed by atoms with E-state index in [1.807, 2.05) is 19.9 Å². The molecule has 16 heteroatoms. The Labute approximate surface area is 329 Å². The van der Waals surface area contributed by atoms with Gasteiger partial charge in [-0.05, 0) is 124 Å². The monoisotopic (exact) mass is 836 g/mol. The van der Waals surface area contributed by atoms with E-state index in [2.05, 4.69) is 31.2 Å². The molecule has 5 rings (SSSR count). The second-order valence-corrected chi connectivity index (χ2v) is 17.3. The Kier molecular flexibility index (Phi) is 12.0. The second-order valence-electron chi connectivity index (χ2n) is 14.6. The summed E-state index contributed by atoms with van der Waals surface area (Å²) >= 11 is 3.48. The largest absolute Gasteiger partial charge is 0.487 e. The van der Waals surface area contributed by atoms with Gasteiger partial charge in [0, 0.05) is 28.5 Å². The van der Waals surface area contributed by atoms with Crippen LogP contribution in [0.3, 0.4) is 0 Å². The minimum atomic E-state index is -4.77. The van der Waals surface area contributed by atoms with Crippen molar-refractivity contribution in [3.05, 3.63) is 91.6 Å². The topological polar surface area (TPSA) is 242 Å². The highest BCUT2D eigenvalue weighted by atomic mass is 79.9. The van der Waals surface area contributed by atoms with E-state index in [4.69, 9.17) is 27.7 Å². The number of hydrogen-bond acceptors (Lipinski definition) is 8. The summed E-state index contributed by atoms with van der Waals surface area (Å²) in [7, 11) is -4.77. The summed E-state index contributed by atoms with van der Waals surface area (Å²) in [6.45, 7) is 11.0. The van der Waals surface area contributed by atoms with Crippen molar-refractivity contribution in [2.45, 2.75) is 96.4 Å². The fourth-order valence-electron chi connectivity index (χ4n) is 7.04. The zero-order valence-electron chi connectivity index (χ0n) is 31.9. The van der Waals surface area contributed by atoms with E-state index < -0.39 is 45.4 Å². The van der Waals surface area contributed by atoms with Crippen LogP contribution in [0.4, 0.5) is 0 Å². The molecule has 0 spiro atoms. The number of nitrogens with two attached hydrogens (primary N) is 4. The molecule has 14 nitrogen and oxygen atoms in total. The van der Waals surface area contributed by atoms with E-state index >= 15 is 13.2 Å². The molecule has 10 N–H and O–H groups in total. The summed E-state index contributed by atoms with van der Waals surface area (Å²) in [5.74, 6) is -1.84. The highest BCUT2D eigenvalue weighted by Gasteiger charge is 2.44. The minimum absolute atomic E-state index is 0.0233. The van der Waals surface area contributed by atoms with Crippen LogP contribution in [-0.2, 0) is 32.6 Å². The van der Waals surface area contributed by atoms with Crippen molar-refractivity contribution in [2.75, 3.05) is 6.54 Å². The number of amides is 3. The number of primary amides is 1. The first-order valence-electron chi connectivity index (χ1n) is 17.9. The number of nitrogens with zero attached hydrogens (tertiary/aromatic N) is 2. The second kappa shape index (κ2) is 16.0. The van der Waals surface area contributed by atoms with Crippen LogP contribution in [0.15, 0.2) is 56.8 Å². The van der Waals surface area contributed by atoms with Crippen molar-refractivity contribution in [3.8, 4) is 5.75 Å². The van der Waals surface area contributed by atoms with Crippen LogP contribution in [0.2, 0.25) is 0 Å². The Morgan fingerprint density at radius 2 is 1.67 bits per heavy atom. The zero-order valence-corrected chi connectivity index (χ0v) is 34.3. The van der Waals surface area contributed by atoms with Gasteiger partial charge in [0.25, 0.3) is 15.9 Å². The average molecular weight is 838 g/mol. The van der Waals surface area contributed by atoms with Crippen molar-refractivity contribution in [2.24, 2.45) is 27.9 Å². The number of aromatic nitrogens is 1. The normalized spacial score (nSPS) is 14.7. The number of sulfonamides is 1. The number of aliphatic imine (C=N–C) groups is 1. The Morgan fingerprint density at radius 3 is 2.31 bits per heavy atom. The summed E-state index contributed by atoms with van der Waals surface area (Å²) in [5.41, 5.74) is 26.5. The van der Waals surface area contributed by atoms with Crippen LogP contribution in [0.25, 0.3) is 10.9 Å². The number of aryl methyl sites for hydroxylation is 1. The highest BCUT2D eigenvalue weighted by Crippen LogP contribution is 2.43. The number of carbonyl (C=O) groups excluding carboxylic acids is 3. The molecule has 55 heavy (non-hydrogen) atoms. The number of ether oxygens (including phenoxy) is 1. The summed E-state index contributed by atoms with van der Waals surface area (Å²) in [5, 5.41) is 3.55. The Morgan fingerprint density at radius 1 is 1.00 bits per heavy atom. The summed E-state index contributed by atoms with van der Waals surface area (Å²) < 4.78 is 38.7. The minimum Gasteiger partial charge on any atom is -0.487 e. The number of aromatic amines is 1. The van der Waals surface area contributed by atoms with E-state index in [-0.39, 0.29) is 42.5 Å². The van der Waals surface area contributed by atoms with E-state index in [0.717, 1.165) is 10.0 Å². The molecule has 1 aliphatic rings. The molecule has 2 atom stereocenters. The van der Waals surface area contributed by atoms with Crippen LogP contribution >= 0.6 is 15.9 Å². The number of fused-ring (bicyclic) bond motifs is 2. The first kappa shape index (κ1) is 41.2. The SMILES string of the molecule is Cc1c(C)c(S(=O)(=O)N(C(=O)c2[nH]c3ccc(Br)cc3c2C)[C@H](CCCN=C(N)N)C(=O)NCc2ccc(C(N)C(N)=O)cc2)c(C)c2c1OC(C)(C)CC2. The molecule has 3 aromatic carbocycles. The third-order valence-electron chi connectivity index (χ3n) is 10.2. The quantitative estimate of drug-likeness (QED) is 0.0637. The van der Waals surface area contributed by atoms with Gasteiger partial charge in [0.05, 0.1) is 4.90 Å². The molecular weight excluding hydrogens is 788 g/mol. The lowest BCUT2D eigenvalue weighted by Gasteiger charge is -2.37. The molecule has 0 saturated heterocycles. The van der Waals surface area contributed by atoms with Gasteiger partial charge >= 0.3 is 0 Å². The van der Waals surface area contributed by atoms with Crippen molar-refractivity contribution < 1.29 is 27.5 Å². The molecule has 0 fully saturated rings. The van der Waals surface area contributed by atoms with Gasteiger partial charge in [-0.25, -0.2) is 12.7 Å². The molecule has 0 aliphatic carbocycles. The van der Waals surface area contributed by atoms with Gasteiger partial charge in [-0.1, -0.05) is 40.2 Å². The molecular formula is C39H49BrN8O6S. The van der Waals surface area contributed by atoms with Crippen LogP contribution in [0.5, 0.6) is 5.75 Å².